The molecule has 0 spiro atoms. The molecule has 4 heterocycles. The Morgan fingerprint density at radius 2 is 1.97 bits per heavy atom. The van der Waals surface area contributed by atoms with Crippen LogP contribution < -0.4 is 5.32 Å². The minimum atomic E-state index is -2.90. The SMILES string of the molecule is O=C(Nc1nc2cc(C3CCC3)cc(-c3ccc(CN4CCS(=O)(=O)CC4)s3)n2n1)[C@H]1C[C@@H]1F. The van der Waals surface area contributed by atoms with E-state index in [1.807, 2.05) is 6.07 Å². The van der Waals surface area contributed by atoms with Crippen LogP contribution in [0.2, 0.25) is 0 Å². The van der Waals surface area contributed by atoms with Gasteiger partial charge in [-0.25, -0.2) is 17.3 Å². The molecule has 34 heavy (non-hydrogen) atoms. The number of rotatable bonds is 6. The number of nitrogens with one attached hydrogen (secondary N) is 1. The maximum absolute atomic E-state index is 13.3. The highest BCUT2D eigenvalue weighted by atomic mass is 32.2. The van der Waals surface area contributed by atoms with Crippen LogP contribution in [0, 0.1) is 5.92 Å². The highest BCUT2D eigenvalue weighted by Gasteiger charge is 2.44. The molecule has 0 unspecified atom stereocenters. The van der Waals surface area contributed by atoms with Crippen molar-refractivity contribution in [3.05, 3.63) is 34.7 Å². The summed E-state index contributed by atoms with van der Waals surface area (Å²) < 4.78 is 38.5. The molecule has 0 aromatic carbocycles. The number of hydrogen-bond donors (Lipinski definition) is 1. The molecule has 1 amide bonds. The first-order valence-electron chi connectivity index (χ1n) is 11.7. The lowest BCUT2D eigenvalue weighted by Crippen LogP contribution is -2.39. The molecule has 2 atom stereocenters. The number of carbonyl (C=O) groups excluding carboxylic acids is 1. The summed E-state index contributed by atoms with van der Waals surface area (Å²) in [5.41, 5.74) is 2.80. The third kappa shape index (κ3) is 4.36. The fourth-order valence-electron chi connectivity index (χ4n) is 4.58. The summed E-state index contributed by atoms with van der Waals surface area (Å²) in [5, 5.41) is 7.20. The second-order valence-corrected chi connectivity index (χ2v) is 13.0. The fraction of sp³-hybridized carbons (Fsp3) is 0.522. The molecule has 1 N–H and O–H groups in total. The fourth-order valence-corrected chi connectivity index (χ4v) is 6.91. The van der Waals surface area contributed by atoms with Crippen LogP contribution in [-0.2, 0) is 21.2 Å². The Labute approximate surface area is 201 Å². The van der Waals surface area contributed by atoms with Crippen molar-refractivity contribution in [3.8, 4) is 10.6 Å². The lowest BCUT2D eigenvalue weighted by atomic mass is 9.80. The summed E-state index contributed by atoms with van der Waals surface area (Å²) in [4.78, 5) is 21.1. The number of amides is 1. The second-order valence-electron chi connectivity index (χ2n) is 9.55. The maximum Gasteiger partial charge on any atom is 0.249 e. The second kappa shape index (κ2) is 8.39. The normalized spacial score (nSPS) is 24.7. The summed E-state index contributed by atoms with van der Waals surface area (Å²) in [5.74, 6) is 0.168. The van der Waals surface area contributed by atoms with Crippen molar-refractivity contribution in [1.82, 2.24) is 19.5 Å². The number of nitrogens with zero attached hydrogens (tertiary/aromatic N) is 4. The number of thiophene rings is 1. The van der Waals surface area contributed by atoms with Crippen molar-refractivity contribution >= 4 is 38.7 Å². The van der Waals surface area contributed by atoms with Crippen LogP contribution in [0.3, 0.4) is 0 Å². The summed E-state index contributed by atoms with van der Waals surface area (Å²) in [6.45, 7) is 1.84. The molecular weight excluding hydrogens is 477 g/mol. The van der Waals surface area contributed by atoms with Crippen LogP contribution in [0.4, 0.5) is 10.3 Å². The van der Waals surface area contributed by atoms with E-state index >= 15 is 0 Å². The van der Waals surface area contributed by atoms with Crippen molar-refractivity contribution in [2.75, 3.05) is 29.9 Å². The number of sulfone groups is 1. The highest BCUT2D eigenvalue weighted by Crippen LogP contribution is 2.40. The van der Waals surface area contributed by atoms with Gasteiger partial charge in [-0.2, -0.15) is 4.98 Å². The molecule has 3 fully saturated rings. The largest absolute Gasteiger partial charge is 0.296 e. The highest BCUT2D eigenvalue weighted by molar-refractivity contribution is 7.91. The van der Waals surface area contributed by atoms with Crippen LogP contribution in [-0.4, -0.2) is 64.6 Å². The average Bonchev–Trinajstić information content (AvgIpc) is 3.14. The zero-order valence-electron chi connectivity index (χ0n) is 18.6. The number of halogens is 1. The molecule has 2 saturated carbocycles. The van der Waals surface area contributed by atoms with Gasteiger partial charge in [0.05, 0.1) is 28.0 Å². The molecule has 6 rings (SSSR count). The van der Waals surface area contributed by atoms with E-state index in [2.05, 4.69) is 38.5 Å². The average molecular weight is 504 g/mol. The van der Waals surface area contributed by atoms with E-state index in [-0.39, 0.29) is 29.8 Å². The molecule has 8 nitrogen and oxygen atoms in total. The monoisotopic (exact) mass is 503 g/mol. The topological polar surface area (TPSA) is 96.7 Å². The van der Waals surface area contributed by atoms with E-state index in [0.29, 0.717) is 24.7 Å². The molecule has 0 bridgehead atoms. The molecule has 0 radical (unpaired) electrons. The minimum Gasteiger partial charge on any atom is -0.296 e. The number of hydrogen-bond acceptors (Lipinski definition) is 7. The standard InChI is InChI=1S/C23H26FN5O3S2/c24-18-12-17(18)22(30)26-23-25-21-11-15(14-2-1-3-14)10-19(29(21)27-23)20-5-4-16(33-20)13-28-6-8-34(31,32)9-7-28/h4-5,10-11,14,17-18H,1-3,6-9,12-13H2,(H,26,27,30)/t17-,18-/m0/s1. The predicted octanol–water partition coefficient (Wildman–Crippen LogP) is 3.25. The molecule has 180 valence electrons. The first kappa shape index (κ1) is 22.1. The molecule has 11 heteroatoms. The Morgan fingerprint density at radius 1 is 1.21 bits per heavy atom. The quantitative estimate of drug-likeness (QED) is 0.555. The van der Waals surface area contributed by atoms with Gasteiger partial charge in [-0.05, 0) is 55.0 Å². The number of fused-ring (bicyclic) bond motifs is 1. The van der Waals surface area contributed by atoms with E-state index in [1.165, 1.54) is 12.0 Å². The van der Waals surface area contributed by atoms with Gasteiger partial charge in [-0.3, -0.25) is 15.0 Å². The minimum absolute atomic E-state index is 0.197. The Hall–Kier alpha value is -2.37. The van der Waals surface area contributed by atoms with E-state index in [0.717, 1.165) is 34.8 Å². The van der Waals surface area contributed by atoms with Gasteiger partial charge < -0.3 is 0 Å². The zero-order chi connectivity index (χ0) is 23.4. The van der Waals surface area contributed by atoms with Crippen LogP contribution >= 0.6 is 11.3 Å². The smallest absolute Gasteiger partial charge is 0.249 e. The Balaban J connectivity index is 1.29. The summed E-state index contributed by atoms with van der Waals surface area (Å²) >= 11 is 1.66. The van der Waals surface area contributed by atoms with Crippen LogP contribution in [0.15, 0.2) is 24.3 Å². The third-order valence-electron chi connectivity index (χ3n) is 7.05. The summed E-state index contributed by atoms with van der Waals surface area (Å²) in [7, 11) is -2.90. The molecule has 2 aliphatic carbocycles. The number of pyridine rings is 1. The molecule has 3 aromatic rings. The number of anilines is 1. The van der Waals surface area contributed by atoms with E-state index in [1.54, 1.807) is 15.9 Å². The number of aromatic nitrogens is 3. The Kier molecular flexibility index (Phi) is 5.45. The first-order valence-corrected chi connectivity index (χ1v) is 14.4. The van der Waals surface area contributed by atoms with Crippen molar-refractivity contribution < 1.29 is 17.6 Å². The summed E-state index contributed by atoms with van der Waals surface area (Å²) in [6, 6.07) is 8.35. The van der Waals surface area contributed by atoms with Gasteiger partial charge in [0.15, 0.2) is 15.5 Å². The van der Waals surface area contributed by atoms with Gasteiger partial charge in [0.25, 0.3) is 0 Å². The van der Waals surface area contributed by atoms with Crippen molar-refractivity contribution in [2.24, 2.45) is 5.92 Å². The maximum atomic E-state index is 13.3. The van der Waals surface area contributed by atoms with Crippen molar-refractivity contribution in [1.29, 1.82) is 0 Å². The first-order chi connectivity index (χ1) is 16.3. The molecule has 1 aliphatic heterocycles. The van der Waals surface area contributed by atoms with Gasteiger partial charge >= 0.3 is 0 Å². The van der Waals surface area contributed by atoms with Crippen molar-refractivity contribution in [3.63, 3.8) is 0 Å². The lowest BCUT2D eigenvalue weighted by Gasteiger charge is -2.26. The van der Waals surface area contributed by atoms with E-state index in [9.17, 15) is 17.6 Å². The van der Waals surface area contributed by atoms with Gasteiger partial charge in [-0.1, -0.05) is 6.42 Å². The molecule has 3 aromatic heterocycles. The van der Waals surface area contributed by atoms with Crippen LogP contribution in [0.5, 0.6) is 0 Å². The zero-order valence-corrected chi connectivity index (χ0v) is 20.2. The van der Waals surface area contributed by atoms with Gasteiger partial charge in [0, 0.05) is 24.5 Å². The lowest BCUT2D eigenvalue weighted by molar-refractivity contribution is -0.117. The Bertz CT molecular complexity index is 1350. The third-order valence-corrected chi connectivity index (χ3v) is 9.75. The van der Waals surface area contributed by atoms with Gasteiger partial charge in [-0.15, -0.1) is 16.4 Å². The molecular formula is C23H26FN5O3S2. The molecule has 3 aliphatic rings. The molecule has 1 saturated heterocycles. The van der Waals surface area contributed by atoms with Gasteiger partial charge in [0.1, 0.15) is 6.17 Å². The Morgan fingerprint density at radius 3 is 2.65 bits per heavy atom. The van der Waals surface area contributed by atoms with E-state index in [4.69, 9.17) is 0 Å². The van der Waals surface area contributed by atoms with E-state index < -0.39 is 21.9 Å². The predicted molar refractivity (Wildman–Crippen MR) is 128 cm³/mol. The van der Waals surface area contributed by atoms with Crippen LogP contribution in [0.25, 0.3) is 16.2 Å². The number of alkyl halides is 1. The van der Waals surface area contributed by atoms with Gasteiger partial charge in [0.2, 0.25) is 11.9 Å². The summed E-state index contributed by atoms with van der Waals surface area (Å²) in [6.07, 6.45) is 2.72. The van der Waals surface area contributed by atoms with Crippen LogP contribution in [0.1, 0.15) is 42.0 Å². The van der Waals surface area contributed by atoms with Crippen molar-refractivity contribution in [2.45, 2.75) is 44.3 Å². The number of carbonyl (C=O) groups is 1.